The molecule has 2 aromatic rings. The van der Waals surface area contributed by atoms with E-state index >= 15 is 0 Å². The van der Waals surface area contributed by atoms with E-state index < -0.39 is 17.6 Å². The molecule has 1 aliphatic carbocycles. The average Bonchev–Trinajstić information content (AvgIpc) is 3.12. The van der Waals surface area contributed by atoms with Crippen molar-refractivity contribution in [3.05, 3.63) is 41.1 Å². The van der Waals surface area contributed by atoms with Gasteiger partial charge in [0.25, 0.3) is 5.91 Å². The van der Waals surface area contributed by atoms with E-state index in [0.29, 0.717) is 11.1 Å². The molecule has 1 aromatic heterocycles. The van der Waals surface area contributed by atoms with Gasteiger partial charge < -0.3 is 9.84 Å². The SMILES string of the molecule is C[S+](C)OC1CCC(NC(=O)c2noc(-c3ccc(C(F)(F)F)cc3)c2CCl)CC1. The van der Waals surface area contributed by atoms with Gasteiger partial charge in [0.2, 0.25) is 0 Å². The summed E-state index contributed by atoms with van der Waals surface area (Å²) in [6.45, 7) is 0. The molecule has 3 rings (SSSR count). The zero-order valence-corrected chi connectivity index (χ0v) is 18.2. The van der Waals surface area contributed by atoms with Gasteiger partial charge >= 0.3 is 6.18 Å². The van der Waals surface area contributed by atoms with Crippen molar-refractivity contribution < 1.29 is 26.7 Å². The summed E-state index contributed by atoms with van der Waals surface area (Å²) in [7, 11) is 0. The Kier molecular flexibility index (Phi) is 7.36. The molecule has 1 aromatic carbocycles. The van der Waals surface area contributed by atoms with E-state index in [-0.39, 0.29) is 40.7 Å². The Bertz CT molecular complexity index is 863. The van der Waals surface area contributed by atoms with Crippen LogP contribution in [0.1, 0.15) is 47.3 Å². The molecule has 0 radical (unpaired) electrons. The van der Waals surface area contributed by atoms with Gasteiger partial charge in [-0.1, -0.05) is 17.3 Å². The van der Waals surface area contributed by atoms with Crippen molar-refractivity contribution in [3.8, 4) is 11.3 Å². The molecule has 10 heteroatoms. The zero-order chi connectivity index (χ0) is 21.9. The second-order valence-corrected chi connectivity index (χ2v) is 9.28. The minimum Gasteiger partial charge on any atom is -0.355 e. The Hall–Kier alpha value is -1.71. The first-order valence-corrected chi connectivity index (χ1v) is 12.0. The van der Waals surface area contributed by atoms with E-state index in [9.17, 15) is 18.0 Å². The van der Waals surface area contributed by atoms with Crippen LogP contribution in [0.3, 0.4) is 0 Å². The van der Waals surface area contributed by atoms with Gasteiger partial charge in [0.05, 0.1) is 11.4 Å². The monoisotopic (exact) mass is 463 g/mol. The third-order valence-electron chi connectivity index (χ3n) is 4.95. The topological polar surface area (TPSA) is 64.4 Å². The van der Waals surface area contributed by atoms with Crippen LogP contribution in [0.15, 0.2) is 28.8 Å². The normalized spacial score (nSPS) is 19.8. The minimum atomic E-state index is -4.43. The predicted molar refractivity (Wildman–Crippen MR) is 110 cm³/mol. The summed E-state index contributed by atoms with van der Waals surface area (Å²) < 4.78 is 49.4. The van der Waals surface area contributed by atoms with Gasteiger partial charge in [0, 0.05) is 17.2 Å². The number of hydrogen-bond donors (Lipinski definition) is 1. The minimum absolute atomic E-state index is 0.00207. The lowest BCUT2D eigenvalue weighted by atomic mass is 9.93. The van der Waals surface area contributed by atoms with Gasteiger partial charge in [-0.25, -0.2) is 0 Å². The van der Waals surface area contributed by atoms with Gasteiger partial charge in [-0.3, -0.25) is 4.79 Å². The van der Waals surface area contributed by atoms with E-state index in [1.165, 1.54) is 12.1 Å². The number of nitrogens with one attached hydrogen (secondary N) is 1. The van der Waals surface area contributed by atoms with Crippen LogP contribution in [0, 0.1) is 0 Å². The lowest BCUT2D eigenvalue weighted by Gasteiger charge is -2.26. The highest BCUT2D eigenvalue weighted by atomic mass is 35.5. The van der Waals surface area contributed by atoms with Crippen molar-refractivity contribution in [1.82, 2.24) is 10.5 Å². The van der Waals surface area contributed by atoms with Crippen LogP contribution in [0.4, 0.5) is 13.2 Å². The molecule has 0 unspecified atom stereocenters. The maximum absolute atomic E-state index is 12.8. The highest BCUT2D eigenvalue weighted by Crippen LogP contribution is 2.33. The molecule has 0 bridgehead atoms. The molecule has 0 spiro atoms. The van der Waals surface area contributed by atoms with E-state index in [1.807, 2.05) is 12.5 Å². The molecular weight excluding hydrogens is 441 g/mol. The second kappa shape index (κ2) is 9.62. The summed E-state index contributed by atoms with van der Waals surface area (Å²) in [4.78, 5) is 12.7. The van der Waals surface area contributed by atoms with Gasteiger partial charge in [0.1, 0.15) is 29.8 Å². The average molecular weight is 464 g/mol. The Morgan fingerprint density at radius 2 is 1.87 bits per heavy atom. The molecule has 1 heterocycles. The maximum Gasteiger partial charge on any atom is 0.416 e. The van der Waals surface area contributed by atoms with E-state index in [0.717, 1.165) is 37.8 Å². The van der Waals surface area contributed by atoms with E-state index in [1.54, 1.807) is 0 Å². The molecule has 1 N–H and O–H groups in total. The molecule has 1 saturated carbocycles. The molecule has 1 aliphatic rings. The van der Waals surface area contributed by atoms with E-state index in [4.69, 9.17) is 20.3 Å². The number of benzene rings is 1. The summed E-state index contributed by atoms with van der Waals surface area (Å²) in [5.41, 5.74) is 0.0139. The molecule has 30 heavy (non-hydrogen) atoms. The Labute approximate surface area is 180 Å². The number of carbonyl (C=O) groups is 1. The maximum atomic E-state index is 12.8. The number of rotatable bonds is 6. The molecule has 0 atom stereocenters. The third kappa shape index (κ3) is 5.50. The number of halogens is 4. The molecule has 1 fully saturated rings. The predicted octanol–water partition coefficient (Wildman–Crippen LogP) is 4.95. The van der Waals surface area contributed by atoms with Crippen LogP contribution in [0.25, 0.3) is 11.3 Å². The van der Waals surface area contributed by atoms with Gasteiger partial charge in [-0.15, -0.1) is 11.6 Å². The van der Waals surface area contributed by atoms with Crippen LogP contribution >= 0.6 is 11.6 Å². The highest BCUT2D eigenvalue weighted by molar-refractivity contribution is 7.90. The number of amides is 1. The Balaban J connectivity index is 1.69. The fourth-order valence-electron chi connectivity index (χ4n) is 3.48. The van der Waals surface area contributed by atoms with Crippen molar-refractivity contribution in [1.29, 1.82) is 0 Å². The van der Waals surface area contributed by atoms with Crippen molar-refractivity contribution in [2.75, 3.05) is 12.5 Å². The number of alkyl halides is 4. The number of hydrogen-bond acceptors (Lipinski definition) is 4. The fraction of sp³-hybridized carbons (Fsp3) is 0.500. The van der Waals surface area contributed by atoms with Crippen molar-refractivity contribution in [2.24, 2.45) is 0 Å². The van der Waals surface area contributed by atoms with Crippen LogP contribution in [0.2, 0.25) is 0 Å². The first-order valence-electron chi connectivity index (χ1n) is 9.46. The molecule has 164 valence electrons. The van der Waals surface area contributed by atoms with Crippen molar-refractivity contribution in [2.45, 2.75) is 49.9 Å². The molecule has 0 saturated heterocycles. The summed E-state index contributed by atoms with van der Waals surface area (Å²) in [6.07, 6.45) is 3.18. The lowest BCUT2D eigenvalue weighted by Crippen LogP contribution is -2.39. The van der Waals surface area contributed by atoms with Gasteiger partial charge in [-0.05, 0) is 37.8 Å². The third-order valence-corrected chi connectivity index (χ3v) is 5.87. The van der Waals surface area contributed by atoms with Crippen LogP contribution in [-0.2, 0) is 27.4 Å². The van der Waals surface area contributed by atoms with E-state index in [2.05, 4.69) is 10.5 Å². The quantitative estimate of drug-likeness (QED) is 0.486. The molecule has 0 aliphatic heterocycles. The smallest absolute Gasteiger partial charge is 0.355 e. The van der Waals surface area contributed by atoms with Gasteiger partial charge in [-0.2, -0.15) is 17.4 Å². The van der Waals surface area contributed by atoms with Crippen LogP contribution in [-0.4, -0.2) is 35.7 Å². The largest absolute Gasteiger partial charge is 0.416 e. The zero-order valence-electron chi connectivity index (χ0n) is 16.6. The fourth-order valence-corrected chi connectivity index (χ4v) is 4.46. The number of carbonyl (C=O) groups excluding carboxylic acids is 1. The lowest BCUT2D eigenvalue weighted by molar-refractivity contribution is -0.137. The summed E-state index contributed by atoms with van der Waals surface area (Å²) in [5.74, 6) is -0.264. The highest BCUT2D eigenvalue weighted by Gasteiger charge is 2.31. The Morgan fingerprint density at radius 3 is 2.40 bits per heavy atom. The molecule has 1 amide bonds. The van der Waals surface area contributed by atoms with Crippen LogP contribution < -0.4 is 5.32 Å². The summed E-state index contributed by atoms with van der Waals surface area (Å²) in [5, 5.41) is 6.79. The number of nitrogens with zero attached hydrogens (tertiary/aromatic N) is 1. The summed E-state index contributed by atoms with van der Waals surface area (Å²) in [6, 6.07) is 4.46. The standard InChI is InChI=1S/C20H22ClF3N2O3S/c1-30(2)29-15-9-7-14(8-10-15)25-19(27)17-16(11-21)18(28-26-17)12-3-5-13(6-4-12)20(22,23)24/h3-6,14-15H,7-11H2,1-2H3/p+1. The number of aromatic nitrogens is 1. The Morgan fingerprint density at radius 1 is 1.23 bits per heavy atom. The first-order chi connectivity index (χ1) is 14.2. The molecule has 5 nitrogen and oxygen atoms in total. The molecular formula is C20H23ClF3N2O3S+. The van der Waals surface area contributed by atoms with Crippen molar-refractivity contribution >= 4 is 28.7 Å². The first kappa shape index (κ1) is 23.0. The van der Waals surface area contributed by atoms with Crippen LogP contribution in [0.5, 0.6) is 0 Å². The van der Waals surface area contributed by atoms with Crippen molar-refractivity contribution in [3.63, 3.8) is 0 Å². The van der Waals surface area contributed by atoms with Gasteiger partial charge in [0.15, 0.2) is 11.5 Å². The second-order valence-electron chi connectivity index (χ2n) is 7.33. The summed E-state index contributed by atoms with van der Waals surface area (Å²) >= 11 is 5.93.